The number of aromatic nitrogens is 4. The predicted molar refractivity (Wildman–Crippen MR) is 76.0 cm³/mol. The van der Waals surface area contributed by atoms with Gasteiger partial charge in [-0.15, -0.1) is 0 Å². The van der Waals surface area contributed by atoms with Crippen LogP contribution >= 0.6 is 0 Å². The van der Waals surface area contributed by atoms with E-state index in [0.29, 0.717) is 5.82 Å². The Morgan fingerprint density at radius 1 is 1.33 bits per heavy atom. The summed E-state index contributed by atoms with van der Waals surface area (Å²) in [7, 11) is 1.27. The Kier molecular flexibility index (Phi) is 3.02. The van der Waals surface area contributed by atoms with E-state index in [-0.39, 0.29) is 17.2 Å². The highest BCUT2D eigenvalue weighted by Crippen LogP contribution is 2.24. The summed E-state index contributed by atoms with van der Waals surface area (Å²) < 4.78 is 4.61. The third-order valence-corrected chi connectivity index (χ3v) is 3.03. The Morgan fingerprint density at radius 2 is 2.14 bits per heavy atom. The molecule has 0 aliphatic rings. The molecule has 7 heteroatoms. The van der Waals surface area contributed by atoms with Gasteiger partial charge in [0.1, 0.15) is 0 Å². The highest BCUT2D eigenvalue weighted by Gasteiger charge is 2.16. The van der Waals surface area contributed by atoms with E-state index >= 15 is 0 Å². The molecule has 3 rings (SSSR count). The number of aromatic amines is 1. The molecule has 2 N–H and O–H groups in total. The average Bonchev–Trinajstić information content (AvgIpc) is 2.89. The van der Waals surface area contributed by atoms with Gasteiger partial charge >= 0.3 is 5.97 Å². The fourth-order valence-corrected chi connectivity index (χ4v) is 1.99. The normalized spacial score (nSPS) is 10.8. The lowest BCUT2D eigenvalue weighted by atomic mass is 10.2. The SMILES string of the molecule is COC(=O)c1cnc([NH])c(-c2nc3ccc(C)cc3[nH]2)n1. The number of carbonyl (C=O) groups excluding carboxylic acids is 1. The molecule has 0 saturated heterocycles. The average molecular weight is 282 g/mol. The number of nitrogens with one attached hydrogen (secondary N) is 2. The van der Waals surface area contributed by atoms with Crippen LogP contribution in [0.3, 0.4) is 0 Å². The van der Waals surface area contributed by atoms with E-state index < -0.39 is 5.97 Å². The first kappa shape index (κ1) is 13.0. The van der Waals surface area contributed by atoms with Crippen molar-refractivity contribution >= 4 is 22.8 Å². The van der Waals surface area contributed by atoms with Crippen LogP contribution < -0.4 is 5.73 Å². The van der Waals surface area contributed by atoms with E-state index in [2.05, 4.69) is 24.7 Å². The maximum atomic E-state index is 11.5. The first-order valence-electron chi connectivity index (χ1n) is 6.22. The van der Waals surface area contributed by atoms with Crippen molar-refractivity contribution < 1.29 is 9.53 Å². The zero-order chi connectivity index (χ0) is 15.0. The van der Waals surface area contributed by atoms with Crippen molar-refractivity contribution in [3.05, 3.63) is 35.7 Å². The molecule has 0 saturated carbocycles. The lowest BCUT2D eigenvalue weighted by Gasteiger charge is -2.02. The Hall–Kier alpha value is -2.96. The molecule has 0 fully saturated rings. The van der Waals surface area contributed by atoms with Gasteiger partial charge in [-0.25, -0.2) is 19.7 Å². The first-order chi connectivity index (χ1) is 10.1. The molecule has 2 heterocycles. The van der Waals surface area contributed by atoms with Crippen LogP contribution in [-0.4, -0.2) is 33.0 Å². The quantitative estimate of drug-likeness (QED) is 0.724. The van der Waals surface area contributed by atoms with Gasteiger partial charge in [0.2, 0.25) is 0 Å². The van der Waals surface area contributed by atoms with Crippen molar-refractivity contribution in [1.82, 2.24) is 25.7 Å². The fraction of sp³-hybridized carbons (Fsp3) is 0.143. The number of fused-ring (bicyclic) bond motifs is 1. The molecule has 0 spiro atoms. The predicted octanol–water partition coefficient (Wildman–Crippen LogP) is 2.03. The van der Waals surface area contributed by atoms with Crippen LogP contribution in [0, 0.1) is 6.92 Å². The van der Waals surface area contributed by atoms with Crippen LogP contribution in [-0.2, 0) is 4.74 Å². The van der Waals surface area contributed by atoms with Crippen molar-refractivity contribution in [2.24, 2.45) is 0 Å². The molecule has 105 valence electrons. The minimum absolute atomic E-state index is 0.0418. The van der Waals surface area contributed by atoms with Crippen LogP contribution in [0.2, 0.25) is 0 Å². The summed E-state index contributed by atoms with van der Waals surface area (Å²) in [5.41, 5.74) is 10.8. The van der Waals surface area contributed by atoms with Gasteiger partial charge < -0.3 is 9.72 Å². The van der Waals surface area contributed by atoms with Crippen molar-refractivity contribution in [3.8, 4) is 11.5 Å². The number of methoxy groups -OCH3 is 1. The van der Waals surface area contributed by atoms with Crippen molar-refractivity contribution in [2.45, 2.75) is 6.92 Å². The van der Waals surface area contributed by atoms with E-state index in [0.717, 1.165) is 16.6 Å². The summed E-state index contributed by atoms with van der Waals surface area (Å²) in [5, 5.41) is 0. The molecule has 0 atom stereocenters. The second-order valence-electron chi connectivity index (χ2n) is 4.55. The number of hydrogen-bond acceptors (Lipinski definition) is 5. The number of nitrogens with zero attached hydrogens (tertiary/aromatic N) is 3. The van der Waals surface area contributed by atoms with Crippen LogP contribution in [0.1, 0.15) is 16.1 Å². The molecule has 21 heavy (non-hydrogen) atoms. The lowest BCUT2D eigenvalue weighted by molar-refractivity contribution is 0.0593. The molecule has 0 aliphatic carbocycles. The van der Waals surface area contributed by atoms with E-state index in [9.17, 15) is 4.79 Å². The minimum atomic E-state index is -0.601. The summed E-state index contributed by atoms with van der Waals surface area (Å²) in [6.07, 6.45) is 1.21. The van der Waals surface area contributed by atoms with Gasteiger partial charge in [-0.3, -0.25) is 5.73 Å². The molecular formula is C14H12N5O2. The highest BCUT2D eigenvalue weighted by molar-refractivity contribution is 5.88. The summed E-state index contributed by atoms with van der Waals surface area (Å²) in [6.45, 7) is 1.98. The smallest absolute Gasteiger partial charge is 0.358 e. The number of benzene rings is 1. The number of esters is 1. The van der Waals surface area contributed by atoms with Gasteiger partial charge in [-0.1, -0.05) is 6.07 Å². The molecule has 0 aliphatic heterocycles. The molecule has 0 amide bonds. The number of carbonyl (C=O) groups is 1. The van der Waals surface area contributed by atoms with Gasteiger partial charge in [0.25, 0.3) is 0 Å². The summed E-state index contributed by atoms with van der Waals surface area (Å²) >= 11 is 0. The maximum Gasteiger partial charge on any atom is 0.358 e. The number of H-pyrrole nitrogens is 1. The molecular weight excluding hydrogens is 270 g/mol. The third kappa shape index (κ3) is 2.29. The Balaban J connectivity index is 2.15. The molecule has 3 aromatic rings. The lowest BCUT2D eigenvalue weighted by Crippen LogP contribution is -2.06. The second-order valence-corrected chi connectivity index (χ2v) is 4.55. The minimum Gasteiger partial charge on any atom is -0.464 e. The van der Waals surface area contributed by atoms with E-state index in [4.69, 9.17) is 5.73 Å². The number of aryl methyl sites for hydroxylation is 1. The standard InChI is InChI=1S/C14H12N5O2/c1-7-3-4-8-9(5-7)19-13(18-8)11-12(15)16-6-10(17-11)14(20)21-2/h3-6,15H,1-2H3,(H,18,19). The fourth-order valence-electron chi connectivity index (χ4n) is 1.99. The van der Waals surface area contributed by atoms with Gasteiger partial charge in [0.05, 0.1) is 24.3 Å². The molecule has 1 radical (unpaired) electrons. The summed E-state index contributed by atoms with van der Waals surface area (Å²) in [5.74, 6) is -0.256. The number of hydrogen-bond donors (Lipinski definition) is 1. The Bertz CT molecular complexity index is 840. The van der Waals surface area contributed by atoms with Gasteiger partial charge in [-0.2, -0.15) is 0 Å². The zero-order valence-electron chi connectivity index (χ0n) is 11.5. The summed E-state index contributed by atoms with van der Waals surface area (Å²) in [4.78, 5) is 26.9. The number of ether oxygens (including phenoxy) is 1. The van der Waals surface area contributed by atoms with Crippen LogP contribution in [0.15, 0.2) is 24.4 Å². The van der Waals surface area contributed by atoms with Crippen molar-refractivity contribution in [2.75, 3.05) is 7.11 Å². The van der Waals surface area contributed by atoms with Crippen LogP contribution in [0.25, 0.3) is 22.6 Å². The first-order valence-corrected chi connectivity index (χ1v) is 6.22. The number of imidazole rings is 1. The van der Waals surface area contributed by atoms with Crippen molar-refractivity contribution in [1.29, 1.82) is 0 Å². The van der Waals surface area contributed by atoms with E-state index in [1.165, 1.54) is 13.3 Å². The largest absolute Gasteiger partial charge is 0.464 e. The van der Waals surface area contributed by atoms with E-state index in [1.807, 2.05) is 25.1 Å². The molecule has 0 bridgehead atoms. The second kappa shape index (κ2) is 4.86. The maximum absolute atomic E-state index is 11.5. The molecule has 1 aromatic carbocycles. The highest BCUT2D eigenvalue weighted by atomic mass is 16.5. The molecule has 2 aromatic heterocycles. The van der Waals surface area contributed by atoms with Gasteiger partial charge in [-0.05, 0) is 24.6 Å². The van der Waals surface area contributed by atoms with E-state index in [1.54, 1.807) is 0 Å². The van der Waals surface area contributed by atoms with Gasteiger partial charge in [0.15, 0.2) is 23.0 Å². The number of rotatable bonds is 2. The molecule has 0 unspecified atom stereocenters. The Morgan fingerprint density at radius 3 is 2.90 bits per heavy atom. The van der Waals surface area contributed by atoms with Crippen molar-refractivity contribution in [3.63, 3.8) is 0 Å². The summed E-state index contributed by atoms with van der Waals surface area (Å²) in [6, 6.07) is 5.78. The topological polar surface area (TPSA) is 105 Å². The van der Waals surface area contributed by atoms with Gasteiger partial charge in [0, 0.05) is 0 Å². The Labute approximate surface area is 120 Å². The zero-order valence-corrected chi connectivity index (χ0v) is 11.5. The molecule has 7 nitrogen and oxygen atoms in total. The third-order valence-electron chi connectivity index (χ3n) is 3.03. The van der Waals surface area contributed by atoms with Crippen LogP contribution in [0.4, 0.5) is 5.82 Å². The monoisotopic (exact) mass is 282 g/mol. The van der Waals surface area contributed by atoms with Crippen LogP contribution in [0.5, 0.6) is 0 Å².